The van der Waals surface area contributed by atoms with Crippen LogP contribution in [-0.2, 0) is 0 Å². The van der Waals surface area contributed by atoms with Crippen LogP contribution in [0.15, 0.2) is 71.2 Å². The molecule has 4 aromatic rings. The van der Waals surface area contributed by atoms with Gasteiger partial charge in [0.15, 0.2) is 10.8 Å². The highest BCUT2D eigenvalue weighted by molar-refractivity contribution is 7.98. The first kappa shape index (κ1) is 22.2. The molecule has 0 aliphatic carbocycles. The smallest absolute Gasteiger partial charge is 0.335 e. The number of carbonyl (C=O) groups is 2. The molecule has 0 bridgehead atoms. The van der Waals surface area contributed by atoms with Crippen LogP contribution in [0.2, 0.25) is 0 Å². The number of benzene rings is 2. The molecule has 2 aromatic heterocycles. The molecule has 0 aliphatic rings. The Balaban J connectivity index is 1.65. The van der Waals surface area contributed by atoms with Crippen molar-refractivity contribution in [2.24, 2.45) is 0 Å². The van der Waals surface area contributed by atoms with Gasteiger partial charge in [0.05, 0.1) is 23.4 Å². The fourth-order valence-corrected chi connectivity index (χ4v) is 4.41. The SMILES string of the molecule is [C-]#[N+]c1ccc(-c2cc(C(=O)O)cc(-c3csc(NC(=O)c4cccnc4SC)n3)c2)cc1. The van der Waals surface area contributed by atoms with Gasteiger partial charge in [-0.25, -0.2) is 19.6 Å². The number of thiazole rings is 1. The third-order valence-electron chi connectivity index (χ3n) is 4.74. The minimum absolute atomic E-state index is 0.121. The van der Waals surface area contributed by atoms with E-state index in [1.54, 1.807) is 60.1 Å². The zero-order valence-electron chi connectivity index (χ0n) is 17.3. The highest BCUT2D eigenvalue weighted by Crippen LogP contribution is 2.31. The lowest BCUT2D eigenvalue weighted by Crippen LogP contribution is -2.13. The topological polar surface area (TPSA) is 96.5 Å². The Hall–Kier alpha value is -4.00. The van der Waals surface area contributed by atoms with Gasteiger partial charge in [0, 0.05) is 17.1 Å². The van der Waals surface area contributed by atoms with Crippen molar-refractivity contribution in [1.29, 1.82) is 0 Å². The number of pyridine rings is 1. The van der Waals surface area contributed by atoms with E-state index in [0.717, 1.165) is 5.56 Å². The Kier molecular flexibility index (Phi) is 6.49. The molecule has 4 rings (SSSR count). The maximum Gasteiger partial charge on any atom is 0.335 e. The Bertz CT molecular complexity index is 1390. The van der Waals surface area contributed by atoms with Gasteiger partial charge in [-0.05, 0) is 47.7 Å². The fourth-order valence-electron chi connectivity index (χ4n) is 3.15. The van der Waals surface area contributed by atoms with Crippen molar-refractivity contribution in [2.75, 3.05) is 11.6 Å². The molecule has 9 heteroatoms. The normalized spacial score (nSPS) is 10.4. The molecule has 0 atom stereocenters. The van der Waals surface area contributed by atoms with Crippen LogP contribution in [0, 0.1) is 6.57 Å². The second-order valence-electron chi connectivity index (χ2n) is 6.82. The molecule has 0 saturated carbocycles. The summed E-state index contributed by atoms with van der Waals surface area (Å²) in [6.45, 7) is 7.09. The Morgan fingerprint density at radius 1 is 1.09 bits per heavy atom. The van der Waals surface area contributed by atoms with Gasteiger partial charge in [0.1, 0.15) is 5.03 Å². The number of nitrogens with zero attached hydrogens (tertiary/aromatic N) is 3. The average Bonchev–Trinajstić information content (AvgIpc) is 3.32. The van der Waals surface area contributed by atoms with Gasteiger partial charge in [-0.1, -0.05) is 24.3 Å². The first-order valence-electron chi connectivity index (χ1n) is 9.61. The van der Waals surface area contributed by atoms with Gasteiger partial charge in [-0.15, -0.1) is 23.1 Å². The summed E-state index contributed by atoms with van der Waals surface area (Å²) >= 11 is 2.63. The highest BCUT2D eigenvalue weighted by atomic mass is 32.2. The molecule has 1 amide bonds. The molecule has 2 heterocycles. The zero-order valence-corrected chi connectivity index (χ0v) is 18.9. The third kappa shape index (κ3) is 4.92. The van der Waals surface area contributed by atoms with E-state index >= 15 is 0 Å². The standard InChI is InChI=1S/C24H16N4O3S2/c1-25-18-7-5-14(6-8-18)15-10-16(12-17(11-15)23(30)31)20-13-33-24(27-20)28-21(29)19-4-3-9-26-22(19)32-2/h3-13H,2H3,(H,30,31)(H,27,28,29). The van der Waals surface area contributed by atoms with Crippen molar-refractivity contribution in [2.45, 2.75) is 5.03 Å². The van der Waals surface area contributed by atoms with Crippen LogP contribution in [-0.4, -0.2) is 33.2 Å². The van der Waals surface area contributed by atoms with E-state index in [-0.39, 0.29) is 11.5 Å². The molecule has 0 aliphatic heterocycles. The van der Waals surface area contributed by atoms with Crippen molar-refractivity contribution < 1.29 is 14.7 Å². The lowest BCUT2D eigenvalue weighted by atomic mass is 9.98. The third-order valence-corrected chi connectivity index (χ3v) is 6.21. The van der Waals surface area contributed by atoms with Gasteiger partial charge in [0.2, 0.25) is 0 Å². The summed E-state index contributed by atoms with van der Waals surface area (Å²) in [7, 11) is 0. The fraction of sp³-hybridized carbons (Fsp3) is 0.0417. The van der Waals surface area contributed by atoms with Crippen molar-refractivity contribution in [1.82, 2.24) is 9.97 Å². The molecular weight excluding hydrogens is 456 g/mol. The van der Waals surface area contributed by atoms with Gasteiger partial charge < -0.3 is 5.11 Å². The molecule has 0 spiro atoms. The monoisotopic (exact) mass is 472 g/mol. The summed E-state index contributed by atoms with van der Waals surface area (Å²) in [6.07, 6.45) is 3.48. The summed E-state index contributed by atoms with van der Waals surface area (Å²) in [5, 5.41) is 15.2. The highest BCUT2D eigenvalue weighted by Gasteiger charge is 2.16. The number of nitrogens with one attached hydrogen (secondary N) is 1. The van der Waals surface area contributed by atoms with E-state index in [9.17, 15) is 14.7 Å². The van der Waals surface area contributed by atoms with E-state index in [1.807, 2.05) is 12.3 Å². The molecule has 162 valence electrons. The van der Waals surface area contributed by atoms with E-state index in [0.29, 0.717) is 38.2 Å². The number of hydrogen-bond donors (Lipinski definition) is 2. The Labute approximate surface area is 198 Å². The average molecular weight is 473 g/mol. The number of aromatic nitrogens is 2. The number of anilines is 1. The molecule has 2 aromatic carbocycles. The van der Waals surface area contributed by atoms with Crippen LogP contribution in [0.4, 0.5) is 10.8 Å². The quantitative estimate of drug-likeness (QED) is 0.260. The van der Waals surface area contributed by atoms with Gasteiger partial charge in [-0.3, -0.25) is 10.1 Å². The van der Waals surface area contributed by atoms with Crippen LogP contribution >= 0.6 is 23.1 Å². The summed E-state index contributed by atoms with van der Waals surface area (Å²) in [5.41, 5.74) is 3.73. The van der Waals surface area contributed by atoms with Gasteiger partial charge in [-0.2, -0.15) is 0 Å². The molecule has 33 heavy (non-hydrogen) atoms. The molecule has 0 unspecified atom stereocenters. The van der Waals surface area contributed by atoms with Crippen molar-refractivity contribution in [3.8, 4) is 22.4 Å². The lowest BCUT2D eigenvalue weighted by Gasteiger charge is -2.07. The second kappa shape index (κ2) is 9.65. The van der Waals surface area contributed by atoms with Crippen LogP contribution < -0.4 is 5.32 Å². The number of carboxylic acid groups (broad SMARTS) is 1. The predicted molar refractivity (Wildman–Crippen MR) is 130 cm³/mol. The Morgan fingerprint density at radius 3 is 2.55 bits per heavy atom. The number of carboxylic acids is 1. The van der Waals surface area contributed by atoms with Crippen molar-refractivity contribution in [3.63, 3.8) is 0 Å². The molecule has 7 nitrogen and oxygen atoms in total. The molecule has 0 saturated heterocycles. The van der Waals surface area contributed by atoms with Crippen LogP contribution in [0.3, 0.4) is 0 Å². The first-order chi connectivity index (χ1) is 16.0. The molecule has 0 fully saturated rings. The van der Waals surface area contributed by atoms with Crippen molar-refractivity contribution in [3.05, 3.63) is 88.7 Å². The van der Waals surface area contributed by atoms with Gasteiger partial charge >= 0.3 is 5.97 Å². The summed E-state index contributed by atoms with van der Waals surface area (Å²) in [4.78, 5) is 36.5. The van der Waals surface area contributed by atoms with E-state index in [2.05, 4.69) is 20.1 Å². The minimum Gasteiger partial charge on any atom is -0.478 e. The lowest BCUT2D eigenvalue weighted by molar-refractivity contribution is 0.0696. The first-order valence-corrected chi connectivity index (χ1v) is 11.7. The molecule has 0 radical (unpaired) electrons. The maximum atomic E-state index is 12.7. The van der Waals surface area contributed by atoms with E-state index in [4.69, 9.17) is 6.57 Å². The largest absolute Gasteiger partial charge is 0.478 e. The number of thioether (sulfide) groups is 1. The number of carbonyl (C=O) groups excluding carboxylic acids is 1. The molecular formula is C24H16N4O3S2. The maximum absolute atomic E-state index is 12.7. The number of aromatic carboxylic acids is 1. The minimum atomic E-state index is -1.05. The molecule has 2 N–H and O–H groups in total. The second-order valence-corrected chi connectivity index (χ2v) is 8.47. The van der Waals surface area contributed by atoms with E-state index < -0.39 is 5.97 Å². The summed E-state index contributed by atoms with van der Waals surface area (Å²) < 4.78 is 0. The van der Waals surface area contributed by atoms with Crippen molar-refractivity contribution >= 4 is 45.8 Å². The predicted octanol–water partition coefficient (Wildman–Crippen LogP) is 6.10. The zero-order chi connectivity index (χ0) is 23.4. The van der Waals surface area contributed by atoms with Crippen LogP contribution in [0.25, 0.3) is 27.2 Å². The Morgan fingerprint density at radius 2 is 1.85 bits per heavy atom. The summed E-state index contributed by atoms with van der Waals surface area (Å²) in [6, 6.07) is 15.3. The number of rotatable bonds is 6. The van der Waals surface area contributed by atoms with Crippen LogP contribution in [0.5, 0.6) is 0 Å². The van der Waals surface area contributed by atoms with Gasteiger partial charge in [0.25, 0.3) is 5.91 Å². The summed E-state index contributed by atoms with van der Waals surface area (Å²) in [5.74, 6) is -1.37. The van der Waals surface area contributed by atoms with E-state index in [1.165, 1.54) is 23.1 Å². The van der Waals surface area contributed by atoms with Crippen LogP contribution in [0.1, 0.15) is 20.7 Å². The number of amides is 1. The number of hydrogen-bond acceptors (Lipinski definition) is 6.